The highest BCUT2D eigenvalue weighted by Crippen LogP contribution is 2.40. The van der Waals surface area contributed by atoms with Crippen LogP contribution in [0.5, 0.6) is 5.75 Å². The van der Waals surface area contributed by atoms with Crippen molar-refractivity contribution in [3.63, 3.8) is 0 Å². The van der Waals surface area contributed by atoms with E-state index in [1.807, 2.05) is 49.1 Å². The van der Waals surface area contributed by atoms with E-state index in [4.69, 9.17) is 4.74 Å². The van der Waals surface area contributed by atoms with E-state index in [9.17, 15) is 19.2 Å². The van der Waals surface area contributed by atoms with Crippen molar-refractivity contribution < 1.29 is 32.7 Å². The molecule has 0 radical (unpaired) electrons. The predicted octanol–water partition coefficient (Wildman–Crippen LogP) is 6.75. The molecular weight excluding hydrogens is 803 g/mol. The molecule has 2 saturated heterocycles. The number of carbonyl (C=O) groups is 4. The Balaban J connectivity index is 0.882. The number of anilines is 4. The molecule has 1 aromatic heterocycles. The maximum Gasteiger partial charge on any atom is 0.255 e. The normalized spacial score (nSPS) is 16.8. The summed E-state index contributed by atoms with van der Waals surface area (Å²) in [5.41, 5.74) is 2.92. The van der Waals surface area contributed by atoms with Crippen LogP contribution < -0.4 is 19.9 Å². The summed E-state index contributed by atoms with van der Waals surface area (Å²) in [6.45, 7) is 11.3. The van der Waals surface area contributed by atoms with Crippen molar-refractivity contribution in [3.05, 3.63) is 83.6 Å². The first-order chi connectivity index (χ1) is 29.6. The first-order valence-corrected chi connectivity index (χ1v) is 21.6. The van der Waals surface area contributed by atoms with E-state index in [1.165, 1.54) is 18.0 Å². The van der Waals surface area contributed by atoms with E-state index in [2.05, 4.69) is 29.4 Å². The van der Waals surface area contributed by atoms with Gasteiger partial charge in [-0.3, -0.25) is 9.59 Å². The fraction of sp³-hybridized carbons (Fsp3) is 0.422. The minimum absolute atomic E-state index is 0.00140. The molecular formula is C45H52F2N8O5S. The number of nitrogens with one attached hydrogen (secondary N) is 1. The Labute approximate surface area is 359 Å². The number of likely N-dealkylation sites (N-methyl/N-ethyl adjacent to an activating group) is 1. The fourth-order valence-electron chi connectivity index (χ4n) is 8.28. The zero-order valence-electron chi connectivity index (χ0n) is 34.8. The van der Waals surface area contributed by atoms with Gasteiger partial charge in [0, 0.05) is 87.2 Å². The van der Waals surface area contributed by atoms with Crippen molar-refractivity contribution in [1.29, 1.82) is 0 Å². The number of carbonyl (C=O) groups excluding carboxylic acids is 4. The van der Waals surface area contributed by atoms with E-state index < -0.39 is 23.6 Å². The lowest BCUT2D eigenvalue weighted by Gasteiger charge is -2.39. The number of piperazine rings is 1. The van der Waals surface area contributed by atoms with Crippen LogP contribution in [0.4, 0.5) is 31.8 Å². The monoisotopic (exact) mass is 854 g/mol. The third-order valence-corrected chi connectivity index (χ3v) is 12.8. The molecule has 0 spiro atoms. The Kier molecular flexibility index (Phi) is 14.3. The lowest BCUT2D eigenvalue weighted by molar-refractivity contribution is -0.112. The molecule has 1 atom stereocenters. The van der Waals surface area contributed by atoms with E-state index in [0.29, 0.717) is 42.2 Å². The van der Waals surface area contributed by atoms with Gasteiger partial charge < -0.3 is 39.2 Å². The summed E-state index contributed by atoms with van der Waals surface area (Å²) >= 11 is 1.71. The fourth-order valence-corrected chi connectivity index (χ4v) is 9.18. The number of rotatable bonds is 16. The van der Waals surface area contributed by atoms with Gasteiger partial charge in [-0.05, 0) is 99.5 Å². The molecule has 1 amide bonds. The number of aldehydes is 3. The summed E-state index contributed by atoms with van der Waals surface area (Å²) in [6, 6.07) is 15.5. The Morgan fingerprint density at radius 3 is 2.41 bits per heavy atom. The number of benzene rings is 3. The van der Waals surface area contributed by atoms with Gasteiger partial charge in [0.05, 0.1) is 35.6 Å². The largest absolute Gasteiger partial charge is 0.486 e. The van der Waals surface area contributed by atoms with Gasteiger partial charge in [0.25, 0.3) is 5.91 Å². The first-order valence-electron chi connectivity index (χ1n) is 20.8. The molecule has 7 rings (SSSR count). The van der Waals surface area contributed by atoms with Crippen molar-refractivity contribution >= 4 is 59.7 Å². The van der Waals surface area contributed by atoms with Crippen molar-refractivity contribution in [2.45, 2.75) is 56.5 Å². The van der Waals surface area contributed by atoms with Crippen LogP contribution in [0.2, 0.25) is 0 Å². The van der Waals surface area contributed by atoms with Crippen molar-refractivity contribution in [3.8, 4) is 17.0 Å². The number of fused-ring (bicyclic) bond motifs is 1. The highest BCUT2D eigenvalue weighted by atomic mass is 32.2. The minimum Gasteiger partial charge on any atom is -0.486 e. The second-order valence-electron chi connectivity index (χ2n) is 16.0. The number of halogens is 2. The van der Waals surface area contributed by atoms with Crippen LogP contribution in [-0.4, -0.2) is 127 Å². The third-order valence-electron chi connectivity index (χ3n) is 11.7. The minimum atomic E-state index is -0.747. The summed E-state index contributed by atoms with van der Waals surface area (Å²) < 4.78 is 38.2. The number of ether oxygens (including phenoxy) is 1. The highest BCUT2D eigenvalue weighted by Gasteiger charge is 2.29. The molecule has 61 heavy (non-hydrogen) atoms. The Bertz CT molecular complexity index is 2200. The molecule has 322 valence electrons. The molecule has 3 aliphatic rings. The quantitative estimate of drug-likeness (QED) is 0.0944. The molecule has 3 aliphatic heterocycles. The van der Waals surface area contributed by atoms with Crippen molar-refractivity contribution in [2.75, 3.05) is 81.1 Å². The van der Waals surface area contributed by atoms with Gasteiger partial charge in [0.1, 0.15) is 24.9 Å². The molecule has 0 saturated carbocycles. The van der Waals surface area contributed by atoms with Crippen LogP contribution in [0.1, 0.15) is 60.2 Å². The Hall–Kier alpha value is -5.45. The summed E-state index contributed by atoms with van der Waals surface area (Å²) in [6.07, 6.45) is 5.54. The molecule has 0 aliphatic carbocycles. The average Bonchev–Trinajstić information content (AvgIpc) is 3.28. The van der Waals surface area contributed by atoms with Gasteiger partial charge >= 0.3 is 0 Å². The Morgan fingerprint density at radius 1 is 0.967 bits per heavy atom. The molecule has 1 N–H and O–H groups in total. The molecule has 1 unspecified atom stereocenters. The molecule has 4 heterocycles. The predicted molar refractivity (Wildman–Crippen MR) is 233 cm³/mol. The van der Waals surface area contributed by atoms with Crippen molar-refractivity contribution in [2.24, 2.45) is 5.92 Å². The van der Waals surface area contributed by atoms with Crippen LogP contribution in [0.25, 0.3) is 11.3 Å². The number of aromatic nitrogens is 2. The second-order valence-corrected chi connectivity index (χ2v) is 17.1. The first kappa shape index (κ1) is 43.6. The van der Waals surface area contributed by atoms with Crippen LogP contribution >= 0.6 is 11.9 Å². The number of hydrogen-bond acceptors (Lipinski definition) is 13. The summed E-state index contributed by atoms with van der Waals surface area (Å²) in [5, 5.41) is 3.16. The zero-order chi connectivity index (χ0) is 43.0. The molecule has 13 nitrogen and oxygen atoms in total. The van der Waals surface area contributed by atoms with Crippen LogP contribution in [0, 0.1) is 17.6 Å². The van der Waals surface area contributed by atoms with Crippen LogP contribution in [0.15, 0.2) is 65.7 Å². The lowest BCUT2D eigenvalue weighted by Crippen LogP contribution is -2.46. The molecule has 2 fully saturated rings. The molecule has 4 aromatic rings. The van der Waals surface area contributed by atoms with E-state index in [0.717, 1.165) is 93.7 Å². The lowest BCUT2D eigenvalue weighted by atomic mass is 9.94. The van der Waals surface area contributed by atoms with Crippen LogP contribution in [-0.2, 0) is 9.59 Å². The van der Waals surface area contributed by atoms with Gasteiger partial charge in [-0.1, -0.05) is 6.07 Å². The van der Waals surface area contributed by atoms with E-state index >= 15 is 8.78 Å². The van der Waals surface area contributed by atoms with Gasteiger partial charge in [0.15, 0.2) is 23.7 Å². The van der Waals surface area contributed by atoms with E-state index in [-0.39, 0.29) is 41.8 Å². The summed E-state index contributed by atoms with van der Waals surface area (Å²) in [4.78, 5) is 65.9. The average molecular weight is 855 g/mol. The number of nitrogens with zero attached hydrogens (tertiary/aromatic N) is 7. The third kappa shape index (κ3) is 10.2. The maximum absolute atomic E-state index is 15.2. The van der Waals surface area contributed by atoms with Gasteiger partial charge in [0.2, 0.25) is 5.95 Å². The van der Waals surface area contributed by atoms with Gasteiger partial charge in [-0.15, -0.1) is 0 Å². The van der Waals surface area contributed by atoms with E-state index in [1.54, 1.807) is 30.1 Å². The zero-order valence-corrected chi connectivity index (χ0v) is 35.6. The Morgan fingerprint density at radius 2 is 1.72 bits per heavy atom. The van der Waals surface area contributed by atoms with Gasteiger partial charge in [-0.2, -0.15) is 0 Å². The molecule has 0 bridgehead atoms. The standard InChI is InChI=1S/C45H52F2N8O5S/c1-30(2)55-21-23-60-43-38(46)24-32(25-41(43)55)42-39(47)26-48-45(50-42)49-33-9-11-35(12-10-33)61-54-19-17-52(18-20-54)27-31-13-15-53(16-14-31)40-8-4-7-36(37(40)29-58)44(59)51(3)34(28-57)6-5-22-56/h4,7-12,22,24-26,28-31,34H,5-6,13-21,23,27H2,1-3H3,(H,48,49,50). The topological polar surface area (TPSA) is 132 Å². The highest BCUT2D eigenvalue weighted by molar-refractivity contribution is 7.97. The van der Waals surface area contributed by atoms with Crippen LogP contribution in [0.3, 0.4) is 0 Å². The molecule has 3 aromatic carbocycles. The van der Waals surface area contributed by atoms with Gasteiger partial charge in [-0.25, -0.2) is 23.1 Å². The number of piperidine rings is 1. The SMILES string of the molecule is CC(C)N1CCOc2c(F)cc(-c3nc(Nc4ccc(SN5CCN(CC6CCN(c7cccc(C(=O)N(C)C(C=O)CCC=O)c7C=O)CC6)CC5)cc4)ncc3F)cc21. The second kappa shape index (κ2) is 19.9. The van der Waals surface area contributed by atoms with Crippen molar-refractivity contribution in [1.82, 2.24) is 24.1 Å². The number of hydrogen-bond donors (Lipinski definition) is 1. The summed E-state index contributed by atoms with van der Waals surface area (Å²) in [5.74, 6) is -0.750. The number of amides is 1. The maximum atomic E-state index is 15.2. The summed E-state index contributed by atoms with van der Waals surface area (Å²) in [7, 11) is 1.52. The smallest absolute Gasteiger partial charge is 0.255 e. The molecule has 16 heteroatoms.